The van der Waals surface area contributed by atoms with Crippen LogP contribution < -0.4 is 10.2 Å². The van der Waals surface area contributed by atoms with Gasteiger partial charge in [-0.15, -0.1) is 5.10 Å². The van der Waals surface area contributed by atoms with Gasteiger partial charge in [0, 0.05) is 56.5 Å². The Balaban J connectivity index is 1.30. The Bertz CT molecular complexity index is 1080. The quantitative estimate of drug-likeness (QED) is 0.591. The van der Waals surface area contributed by atoms with Gasteiger partial charge in [0.15, 0.2) is 5.65 Å². The van der Waals surface area contributed by atoms with Crippen LogP contribution in [0.5, 0.6) is 0 Å². The number of anilines is 2. The molecular weight excluding hydrogens is 342 g/mol. The van der Waals surface area contributed by atoms with Gasteiger partial charge in [0.2, 0.25) is 5.95 Å². The van der Waals surface area contributed by atoms with E-state index in [9.17, 15) is 0 Å². The first-order chi connectivity index (χ1) is 13.2. The van der Waals surface area contributed by atoms with Crippen LogP contribution in [0.2, 0.25) is 0 Å². The third kappa shape index (κ3) is 3.07. The molecule has 27 heavy (non-hydrogen) atoms. The Morgan fingerprint density at radius 3 is 3.00 bits per heavy atom. The summed E-state index contributed by atoms with van der Waals surface area (Å²) >= 11 is 0. The van der Waals surface area contributed by atoms with Crippen LogP contribution in [0.25, 0.3) is 16.9 Å². The Labute approximate surface area is 155 Å². The lowest BCUT2D eigenvalue weighted by atomic mass is 10.2. The number of hydrogen-bond donors (Lipinski definition) is 1. The second-order valence-electron chi connectivity index (χ2n) is 6.67. The molecule has 9 nitrogen and oxygen atoms in total. The van der Waals surface area contributed by atoms with Crippen molar-refractivity contribution in [1.82, 2.24) is 34.3 Å². The minimum Gasteiger partial charge on any atom is -0.364 e. The highest BCUT2D eigenvalue weighted by molar-refractivity contribution is 5.58. The molecule has 1 saturated heterocycles. The molecule has 1 unspecified atom stereocenters. The lowest BCUT2D eigenvalue weighted by molar-refractivity contribution is 0.768. The molecule has 5 rings (SSSR count). The van der Waals surface area contributed by atoms with Crippen LogP contribution in [0, 0.1) is 0 Å². The van der Waals surface area contributed by atoms with E-state index in [2.05, 4.69) is 30.4 Å². The number of rotatable bonds is 4. The zero-order valence-electron chi connectivity index (χ0n) is 14.9. The van der Waals surface area contributed by atoms with Crippen molar-refractivity contribution in [1.29, 1.82) is 0 Å². The van der Waals surface area contributed by atoms with Crippen LogP contribution in [0.1, 0.15) is 6.42 Å². The average molecular weight is 361 g/mol. The molecule has 5 heterocycles. The van der Waals surface area contributed by atoms with Gasteiger partial charge in [-0.25, -0.2) is 19.5 Å². The van der Waals surface area contributed by atoms with Gasteiger partial charge in [-0.2, -0.15) is 5.10 Å². The van der Waals surface area contributed by atoms with Gasteiger partial charge in [-0.05, 0) is 24.6 Å². The van der Waals surface area contributed by atoms with Gasteiger partial charge in [0.05, 0.1) is 11.9 Å². The topological polar surface area (TPSA) is 89.1 Å². The summed E-state index contributed by atoms with van der Waals surface area (Å²) in [6.07, 6.45) is 10.2. The Morgan fingerprint density at radius 1 is 1.15 bits per heavy atom. The van der Waals surface area contributed by atoms with Crippen molar-refractivity contribution < 1.29 is 0 Å². The summed E-state index contributed by atoms with van der Waals surface area (Å²) in [7, 11) is 1.90. The van der Waals surface area contributed by atoms with E-state index in [1.807, 2.05) is 43.8 Å². The van der Waals surface area contributed by atoms with Crippen LogP contribution in [-0.2, 0) is 7.05 Å². The van der Waals surface area contributed by atoms with Crippen molar-refractivity contribution in [2.45, 2.75) is 12.5 Å². The first-order valence-electron chi connectivity index (χ1n) is 8.88. The summed E-state index contributed by atoms with van der Waals surface area (Å²) in [4.78, 5) is 15.6. The van der Waals surface area contributed by atoms with Crippen molar-refractivity contribution in [3.63, 3.8) is 0 Å². The minimum atomic E-state index is 0.295. The van der Waals surface area contributed by atoms with E-state index >= 15 is 0 Å². The van der Waals surface area contributed by atoms with Crippen LogP contribution >= 0.6 is 0 Å². The van der Waals surface area contributed by atoms with E-state index in [-0.39, 0.29) is 0 Å². The number of hydrogen-bond acceptors (Lipinski definition) is 7. The smallest absolute Gasteiger partial charge is 0.225 e. The molecule has 1 atom stereocenters. The number of imidazole rings is 1. The molecule has 0 bridgehead atoms. The number of nitrogens with one attached hydrogen (secondary N) is 1. The standard InChI is InChI=1S/C18H19N9/c1-25-11-13(10-21-25)15-4-6-20-18(23-15)26-8-5-14(12-26)22-16-2-3-17-19-7-9-27(17)24-16/h2-4,6-7,9-11,14H,5,8,12H2,1H3,(H,22,24). The molecule has 0 amide bonds. The molecule has 0 saturated carbocycles. The third-order valence-corrected chi connectivity index (χ3v) is 4.72. The van der Waals surface area contributed by atoms with Gasteiger partial charge in [-0.3, -0.25) is 4.68 Å². The second-order valence-corrected chi connectivity index (χ2v) is 6.67. The predicted molar refractivity (Wildman–Crippen MR) is 101 cm³/mol. The van der Waals surface area contributed by atoms with Gasteiger partial charge < -0.3 is 10.2 Å². The van der Waals surface area contributed by atoms with E-state index in [0.717, 1.165) is 48.2 Å². The van der Waals surface area contributed by atoms with Gasteiger partial charge in [-0.1, -0.05) is 0 Å². The maximum atomic E-state index is 4.72. The average Bonchev–Trinajstić information content (AvgIpc) is 3.42. The minimum absolute atomic E-state index is 0.295. The summed E-state index contributed by atoms with van der Waals surface area (Å²) in [5, 5.41) is 12.3. The summed E-state index contributed by atoms with van der Waals surface area (Å²) in [6.45, 7) is 1.74. The molecule has 1 fully saturated rings. The Hall–Kier alpha value is -3.49. The van der Waals surface area contributed by atoms with Crippen molar-refractivity contribution in [2.75, 3.05) is 23.3 Å². The Kier molecular flexibility index (Phi) is 3.70. The molecular formula is C18H19N9. The molecule has 0 aromatic carbocycles. The van der Waals surface area contributed by atoms with Gasteiger partial charge in [0.25, 0.3) is 0 Å². The van der Waals surface area contributed by atoms with Crippen molar-refractivity contribution in [2.24, 2.45) is 7.05 Å². The maximum Gasteiger partial charge on any atom is 0.225 e. The molecule has 1 aliphatic heterocycles. The number of fused-ring (bicyclic) bond motifs is 1. The lowest BCUT2D eigenvalue weighted by Crippen LogP contribution is -2.27. The number of nitrogens with zero attached hydrogens (tertiary/aromatic N) is 8. The van der Waals surface area contributed by atoms with Crippen molar-refractivity contribution in [3.05, 3.63) is 49.2 Å². The number of aryl methyl sites for hydroxylation is 1. The zero-order valence-corrected chi connectivity index (χ0v) is 14.9. The molecule has 4 aromatic rings. The van der Waals surface area contributed by atoms with Crippen LogP contribution in [0.4, 0.5) is 11.8 Å². The molecule has 1 aliphatic rings. The second kappa shape index (κ2) is 6.35. The van der Waals surface area contributed by atoms with E-state index in [1.54, 1.807) is 21.6 Å². The first kappa shape index (κ1) is 15.7. The first-order valence-corrected chi connectivity index (χ1v) is 8.88. The van der Waals surface area contributed by atoms with Crippen molar-refractivity contribution >= 4 is 17.4 Å². The highest BCUT2D eigenvalue weighted by atomic mass is 15.3. The summed E-state index contributed by atoms with van der Waals surface area (Å²) in [5.41, 5.74) is 2.72. The van der Waals surface area contributed by atoms with Crippen molar-refractivity contribution in [3.8, 4) is 11.3 Å². The normalized spacial score (nSPS) is 16.9. The number of aromatic nitrogens is 7. The van der Waals surface area contributed by atoms with Crippen LogP contribution in [0.3, 0.4) is 0 Å². The summed E-state index contributed by atoms with van der Waals surface area (Å²) < 4.78 is 3.55. The van der Waals surface area contributed by atoms with E-state index < -0.39 is 0 Å². The fourth-order valence-corrected chi connectivity index (χ4v) is 3.38. The SMILES string of the molecule is Cn1cc(-c2ccnc(N3CCC(Nc4ccc5nccn5n4)C3)n2)cn1. The van der Waals surface area contributed by atoms with E-state index in [1.165, 1.54) is 0 Å². The largest absolute Gasteiger partial charge is 0.364 e. The maximum absolute atomic E-state index is 4.72. The highest BCUT2D eigenvalue weighted by Gasteiger charge is 2.25. The molecule has 0 aliphatic carbocycles. The highest BCUT2D eigenvalue weighted by Crippen LogP contribution is 2.22. The molecule has 9 heteroatoms. The fraction of sp³-hybridized carbons (Fsp3) is 0.278. The zero-order chi connectivity index (χ0) is 18.2. The molecule has 0 radical (unpaired) electrons. The van der Waals surface area contributed by atoms with Crippen LogP contribution in [-0.4, -0.2) is 53.5 Å². The van der Waals surface area contributed by atoms with Gasteiger partial charge >= 0.3 is 0 Å². The van der Waals surface area contributed by atoms with Gasteiger partial charge in [0.1, 0.15) is 5.82 Å². The van der Waals surface area contributed by atoms with Crippen LogP contribution in [0.15, 0.2) is 49.2 Å². The fourth-order valence-electron chi connectivity index (χ4n) is 3.38. The predicted octanol–water partition coefficient (Wildman–Crippen LogP) is 1.61. The summed E-state index contributed by atoms with van der Waals surface area (Å²) in [5.74, 6) is 1.59. The van der Waals surface area contributed by atoms with E-state index in [4.69, 9.17) is 4.98 Å². The molecule has 0 spiro atoms. The third-order valence-electron chi connectivity index (χ3n) is 4.72. The molecule has 4 aromatic heterocycles. The Morgan fingerprint density at radius 2 is 2.11 bits per heavy atom. The molecule has 136 valence electrons. The van der Waals surface area contributed by atoms with E-state index in [0.29, 0.717) is 6.04 Å². The monoisotopic (exact) mass is 361 g/mol. The lowest BCUT2D eigenvalue weighted by Gasteiger charge is -2.17. The summed E-state index contributed by atoms with van der Waals surface area (Å²) in [6, 6.07) is 6.13. The molecule has 1 N–H and O–H groups in total.